The van der Waals surface area contributed by atoms with Crippen LogP contribution in [0.25, 0.3) is 33.8 Å². The molecule has 1 N–H and O–H groups in total. The summed E-state index contributed by atoms with van der Waals surface area (Å²) in [6.07, 6.45) is -4.67. The van der Waals surface area contributed by atoms with E-state index in [1.807, 2.05) is 0 Å². The summed E-state index contributed by atoms with van der Waals surface area (Å²) in [5.41, 5.74) is 0.196. The molecule has 4 aromatic rings. The van der Waals surface area contributed by atoms with Crippen LogP contribution in [0.3, 0.4) is 0 Å². The zero-order valence-electron chi connectivity index (χ0n) is 16.3. The van der Waals surface area contributed by atoms with Crippen LogP contribution in [0.2, 0.25) is 0 Å². The number of hydrogen-bond donors (Lipinski definition) is 1. The van der Waals surface area contributed by atoms with E-state index in [4.69, 9.17) is 5.11 Å². The average molecular weight is 438 g/mol. The van der Waals surface area contributed by atoms with Crippen LogP contribution in [0.1, 0.15) is 16.1 Å². The summed E-state index contributed by atoms with van der Waals surface area (Å²) in [5, 5.41) is 9.15. The van der Waals surface area contributed by atoms with Gasteiger partial charge in [-0.25, -0.2) is 19.2 Å². The molecule has 8 heteroatoms. The number of aromatic nitrogens is 2. The molecule has 0 saturated heterocycles. The van der Waals surface area contributed by atoms with Crippen molar-refractivity contribution in [3.63, 3.8) is 0 Å². The molecule has 4 nitrogen and oxygen atoms in total. The molecule has 0 spiro atoms. The molecular formula is C24H14F4N2O2. The van der Waals surface area contributed by atoms with Crippen molar-refractivity contribution in [3.8, 4) is 33.8 Å². The van der Waals surface area contributed by atoms with Crippen molar-refractivity contribution in [2.24, 2.45) is 0 Å². The van der Waals surface area contributed by atoms with Gasteiger partial charge in [-0.1, -0.05) is 54.6 Å². The zero-order valence-corrected chi connectivity index (χ0v) is 16.3. The minimum atomic E-state index is -4.67. The van der Waals surface area contributed by atoms with E-state index in [1.165, 1.54) is 18.2 Å². The molecule has 3 aromatic carbocycles. The van der Waals surface area contributed by atoms with E-state index >= 15 is 0 Å². The van der Waals surface area contributed by atoms with E-state index in [2.05, 4.69) is 9.97 Å². The summed E-state index contributed by atoms with van der Waals surface area (Å²) < 4.78 is 54.2. The highest BCUT2D eigenvalue weighted by Crippen LogP contribution is 2.33. The lowest BCUT2D eigenvalue weighted by Gasteiger charge is -2.12. The number of benzene rings is 3. The minimum Gasteiger partial charge on any atom is -0.478 e. The number of rotatable bonds is 4. The van der Waals surface area contributed by atoms with Crippen LogP contribution in [-0.2, 0) is 6.18 Å². The predicted octanol–water partition coefficient (Wildman–Crippen LogP) is 6.33. The fourth-order valence-electron chi connectivity index (χ4n) is 3.18. The molecule has 1 heterocycles. The molecule has 0 saturated carbocycles. The Morgan fingerprint density at radius 2 is 1.41 bits per heavy atom. The van der Waals surface area contributed by atoms with E-state index in [0.717, 1.165) is 12.1 Å². The van der Waals surface area contributed by atoms with Gasteiger partial charge in [0.2, 0.25) is 0 Å². The Balaban J connectivity index is 1.84. The Morgan fingerprint density at radius 3 is 2.09 bits per heavy atom. The van der Waals surface area contributed by atoms with Gasteiger partial charge in [0.1, 0.15) is 11.5 Å². The summed E-state index contributed by atoms with van der Waals surface area (Å²) in [4.78, 5) is 19.3. The second-order valence-corrected chi connectivity index (χ2v) is 6.91. The first-order valence-electron chi connectivity index (χ1n) is 9.38. The molecule has 0 aliphatic heterocycles. The van der Waals surface area contributed by atoms with E-state index in [0.29, 0.717) is 22.3 Å². The number of carboxylic acids is 1. The lowest BCUT2D eigenvalue weighted by atomic mass is 10.0. The quantitative estimate of drug-likeness (QED) is 0.378. The van der Waals surface area contributed by atoms with Gasteiger partial charge < -0.3 is 5.11 Å². The second-order valence-electron chi connectivity index (χ2n) is 6.91. The third kappa shape index (κ3) is 4.34. The lowest BCUT2D eigenvalue weighted by Crippen LogP contribution is -2.10. The van der Waals surface area contributed by atoms with Gasteiger partial charge >= 0.3 is 12.1 Å². The largest absolute Gasteiger partial charge is 0.478 e. The van der Waals surface area contributed by atoms with Crippen molar-refractivity contribution in [1.29, 1.82) is 0 Å². The van der Waals surface area contributed by atoms with E-state index in [1.54, 1.807) is 48.5 Å². The zero-order chi connectivity index (χ0) is 22.9. The first-order chi connectivity index (χ1) is 15.2. The van der Waals surface area contributed by atoms with Crippen molar-refractivity contribution >= 4 is 5.97 Å². The number of nitrogens with zero attached hydrogens (tertiary/aromatic N) is 2. The molecular weight excluding hydrogens is 424 g/mol. The summed E-state index contributed by atoms with van der Waals surface area (Å²) in [5.74, 6) is -2.44. The van der Waals surface area contributed by atoms with E-state index in [9.17, 15) is 22.4 Å². The smallest absolute Gasteiger partial charge is 0.433 e. The second kappa shape index (κ2) is 8.22. The third-order valence-electron chi connectivity index (χ3n) is 4.74. The van der Waals surface area contributed by atoms with Crippen molar-refractivity contribution in [2.45, 2.75) is 6.18 Å². The van der Waals surface area contributed by atoms with Crippen LogP contribution >= 0.6 is 0 Å². The molecule has 4 rings (SSSR count). The van der Waals surface area contributed by atoms with Gasteiger partial charge in [-0.15, -0.1) is 0 Å². The number of alkyl halides is 3. The molecule has 0 fully saturated rings. The fraction of sp³-hybridized carbons (Fsp3) is 0.0417. The van der Waals surface area contributed by atoms with E-state index < -0.39 is 29.2 Å². The molecule has 0 unspecified atom stereocenters. The van der Waals surface area contributed by atoms with Crippen molar-refractivity contribution in [3.05, 3.63) is 95.9 Å². The van der Waals surface area contributed by atoms with Crippen molar-refractivity contribution in [1.82, 2.24) is 9.97 Å². The highest BCUT2D eigenvalue weighted by molar-refractivity contribution is 5.90. The SMILES string of the molecule is O=C(O)c1cc(-c2cccc(-c3nc(-c4ccccc4)cc(C(F)(F)F)n3)c2)ccc1F. The maximum Gasteiger partial charge on any atom is 0.433 e. The monoisotopic (exact) mass is 438 g/mol. The summed E-state index contributed by atoms with van der Waals surface area (Å²) in [7, 11) is 0. The Morgan fingerprint density at radius 1 is 0.750 bits per heavy atom. The van der Waals surface area contributed by atoms with Crippen LogP contribution in [0.4, 0.5) is 17.6 Å². The maximum absolute atomic E-state index is 13.7. The Hall–Kier alpha value is -4.07. The van der Waals surface area contributed by atoms with Gasteiger partial charge in [-0.05, 0) is 35.4 Å². The van der Waals surface area contributed by atoms with Gasteiger partial charge in [0.05, 0.1) is 11.3 Å². The average Bonchev–Trinajstić information content (AvgIpc) is 2.79. The third-order valence-corrected chi connectivity index (χ3v) is 4.74. The van der Waals surface area contributed by atoms with Gasteiger partial charge in [-0.3, -0.25) is 0 Å². The molecule has 0 atom stereocenters. The predicted molar refractivity (Wildman–Crippen MR) is 110 cm³/mol. The molecule has 0 radical (unpaired) electrons. The number of carboxylic acid groups (broad SMARTS) is 1. The summed E-state index contributed by atoms with van der Waals surface area (Å²) >= 11 is 0. The van der Waals surface area contributed by atoms with Gasteiger partial charge in [0, 0.05) is 11.1 Å². The van der Waals surface area contributed by atoms with Crippen LogP contribution < -0.4 is 0 Å². The van der Waals surface area contributed by atoms with Gasteiger partial charge in [0.15, 0.2) is 5.82 Å². The Labute approximate surface area is 179 Å². The van der Waals surface area contributed by atoms with Crippen LogP contribution in [-0.4, -0.2) is 21.0 Å². The number of halogens is 4. The highest BCUT2D eigenvalue weighted by Gasteiger charge is 2.34. The summed E-state index contributed by atoms with van der Waals surface area (Å²) in [6, 6.07) is 19.2. The fourth-order valence-corrected chi connectivity index (χ4v) is 3.18. The normalized spacial score (nSPS) is 11.4. The Bertz CT molecular complexity index is 1310. The molecule has 1 aromatic heterocycles. The number of aromatic carboxylic acids is 1. The molecule has 32 heavy (non-hydrogen) atoms. The van der Waals surface area contributed by atoms with Crippen molar-refractivity contribution in [2.75, 3.05) is 0 Å². The maximum atomic E-state index is 13.7. The number of carbonyl (C=O) groups is 1. The summed E-state index contributed by atoms with van der Waals surface area (Å²) in [6.45, 7) is 0. The van der Waals surface area contributed by atoms with Gasteiger partial charge in [0.25, 0.3) is 0 Å². The van der Waals surface area contributed by atoms with Crippen LogP contribution in [0.15, 0.2) is 78.9 Å². The van der Waals surface area contributed by atoms with Crippen molar-refractivity contribution < 1.29 is 27.5 Å². The molecule has 0 aliphatic rings. The van der Waals surface area contributed by atoms with E-state index in [-0.39, 0.29) is 11.5 Å². The molecule has 0 bridgehead atoms. The molecule has 0 amide bonds. The number of hydrogen-bond acceptors (Lipinski definition) is 3. The van der Waals surface area contributed by atoms with Crippen LogP contribution in [0, 0.1) is 5.82 Å². The Kier molecular flexibility index (Phi) is 5.44. The highest BCUT2D eigenvalue weighted by atomic mass is 19.4. The molecule has 160 valence electrons. The lowest BCUT2D eigenvalue weighted by molar-refractivity contribution is -0.141. The first kappa shape index (κ1) is 21.2. The molecule has 0 aliphatic carbocycles. The minimum absolute atomic E-state index is 0.114. The van der Waals surface area contributed by atoms with Gasteiger partial charge in [-0.2, -0.15) is 13.2 Å². The topological polar surface area (TPSA) is 63.1 Å². The first-order valence-corrected chi connectivity index (χ1v) is 9.38. The standard InChI is InChI=1S/C24H14F4N2O2/c25-19-10-9-16(12-18(19)23(31)32)15-7-4-8-17(11-15)22-29-20(14-5-2-1-3-6-14)13-21(30-22)24(26,27)28/h1-13H,(H,31,32). The van der Waals surface area contributed by atoms with Crippen LogP contribution in [0.5, 0.6) is 0 Å².